The molecule has 1 aliphatic heterocycles. The van der Waals surface area contributed by atoms with Crippen LogP contribution in [0.25, 0.3) is 11.8 Å². The largest absolute Gasteiger partial charge is 0.377 e. The van der Waals surface area contributed by atoms with Crippen molar-refractivity contribution in [2.75, 3.05) is 13.1 Å². The van der Waals surface area contributed by atoms with E-state index in [0.29, 0.717) is 5.02 Å². The van der Waals surface area contributed by atoms with E-state index >= 15 is 0 Å². The van der Waals surface area contributed by atoms with Gasteiger partial charge in [-0.25, -0.2) is 0 Å². The van der Waals surface area contributed by atoms with Crippen molar-refractivity contribution in [3.63, 3.8) is 0 Å². The summed E-state index contributed by atoms with van der Waals surface area (Å²) in [5.74, 6) is 0.724. The Bertz CT molecular complexity index is 597. The molecule has 0 atom stereocenters. The lowest BCUT2D eigenvalue weighted by atomic mass is 10.2. The highest BCUT2D eigenvalue weighted by Crippen LogP contribution is 2.15. The van der Waals surface area contributed by atoms with Crippen molar-refractivity contribution in [2.24, 2.45) is 0 Å². The van der Waals surface area contributed by atoms with Crippen molar-refractivity contribution in [3.8, 4) is 5.69 Å². The Morgan fingerprint density at radius 1 is 1.00 bits per heavy atom. The van der Waals surface area contributed by atoms with Gasteiger partial charge in [0.25, 0.3) is 0 Å². The van der Waals surface area contributed by atoms with Gasteiger partial charge in [0.2, 0.25) is 0 Å². The topological polar surface area (TPSA) is 46.8 Å². The van der Waals surface area contributed by atoms with E-state index in [1.165, 1.54) is 25.7 Å². The molecule has 0 amide bonds. The summed E-state index contributed by atoms with van der Waals surface area (Å²) in [5.41, 5.74) is 0.903. The van der Waals surface area contributed by atoms with E-state index in [1.54, 1.807) is 4.68 Å². The molecule has 1 saturated heterocycles. The molecule has 0 unspecified atom stereocenters. The SMILES string of the molecule is Clc1ccc(-n2nnnc2C=CN2CCCCCC2)cc1. The van der Waals surface area contributed by atoms with Gasteiger partial charge in [-0.1, -0.05) is 24.4 Å². The molecule has 1 aromatic heterocycles. The molecular weight excluding hydrogens is 286 g/mol. The van der Waals surface area contributed by atoms with Crippen molar-refractivity contribution >= 4 is 17.7 Å². The van der Waals surface area contributed by atoms with Crippen molar-refractivity contribution in [2.45, 2.75) is 25.7 Å². The van der Waals surface area contributed by atoms with Crippen LogP contribution in [0, 0.1) is 0 Å². The fourth-order valence-electron chi connectivity index (χ4n) is 2.48. The molecule has 1 aromatic carbocycles. The summed E-state index contributed by atoms with van der Waals surface area (Å²) in [6, 6.07) is 7.48. The highest BCUT2D eigenvalue weighted by molar-refractivity contribution is 6.30. The number of likely N-dealkylation sites (tertiary alicyclic amines) is 1. The minimum atomic E-state index is 0.702. The van der Waals surface area contributed by atoms with Gasteiger partial charge in [-0.05, 0) is 47.5 Å². The summed E-state index contributed by atoms with van der Waals surface area (Å²) in [7, 11) is 0. The molecule has 2 heterocycles. The zero-order chi connectivity index (χ0) is 14.5. The zero-order valence-electron chi connectivity index (χ0n) is 11.8. The monoisotopic (exact) mass is 303 g/mol. The molecule has 21 heavy (non-hydrogen) atoms. The number of aromatic nitrogens is 4. The van der Waals surface area contributed by atoms with Crippen LogP contribution in [0.5, 0.6) is 0 Å². The molecule has 0 radical (unpaired) electrons. The third kappa shape index (κ3) is 3.61. The number of rotatable bonds is 3. The van der Waals surface area contributed by atoms with E-state index in [1.807, 2.05) is 30.3 Å². The lowest BCUT2D eigenvalue weighted by Gasteiger charge is -2.16. The van der Waals surface area contributed by atoms with E-state index in [9.17, 15) is 0 Å². The minimum absolute atomic E-state index is 0.702. The van der Waals surface area contributed by atoms with Gasteiger partial charge in [-0.3, -0.25) is 0 Å². The average Bonchev–Trinajstić information content (AvgIpc) is 2.81. The Labute approximate surface area is 129 Å². The van der Waals surface area contributed by atoms with E-state index in [-0.39, 0.29) is 0 Å². The first-order chi connectivity index (χ1) is 10.3. The normalized spacial score (nSPS) is 16.3. The molecule has 6 heteroatoms. The Morgan fingerprint density at radius 3 is 2.43 bits per heavy atom. The van der Waals surface area contributed by atoms with Crippen molar-refractivity contribution in [3.05, 3.63) is 41.3 Å². The van der Waals surface area contributed by atoms with Crippen molar-refractivity contribution in [1.29, 1.82) is 0 Å². The van der Waals surface area contributed by atoms with Gasteiger partial charge in [0.05, 0.1) is 5.69 Å². The van der Waals surface area contributed by atoms with E-state index in [0.717, 1.165) is 24.6 Å². The summed E-state index contributed by atoms with van der Waals surface area (Å²) in [4.78, 5) is 2.34. The van der Waals surface area contributed by atoms with E-state index < -0.39 is 0 Å². The predicted octanol–water partition coefficient (Wildman–Crippen LogP) is 3.16. The lowest BCUT2D eigenvalue weighted by Crippen LogP contribution is -2.17. The second-order valence-electron chi connectivity index (χ2n) is 5.19. The van der Waals surface area contributed by atoms with Gasteiger partial charge in [0, 0.05) is 30.4 Å². The Morgan fingerprint density at radius 2 is 1.71 bits per heavy atom. The quantitative estimate of drug-likeness (QED) is 0.874. The maximum atomic E-state index is 5.91. The van der Waals surface area contributed by atoms with Gasteiger partial charge < -0.3 is 4.90 Å². The first-order valence-corrected chi connectivity index (χ1v) is 7.67. The van der Waals surface area contributed by atoms with Gasteiger partial charge in [-0.2, -0.15) is 4.68 Å². The molecule has 0 spiro atoms. The van der Waals surface area contributed by atoms with Crippen LogP contribution in [0.2, 0.25) is 5.02 Å². The first-order valence-electron chi connectivity index (χ1n) is 7.29. The Kier molecular flexibility index (Phi) is 4.50. The molecule has 0 saturated carbocycles. The predicted molar refractivity (Wildman–Crippen MR) is 83.2 cm³/mol. The van der Waals surface area contributed by atoms with Gasteiger partial charge in [0.1, 0.15) is 0 Å². The molecule has 0 aliphatic carbocycles. The highest BCUT2D eigenvalue weighted by Gasteiger charge is 2.07. The summed E-state index contributed by atoms with van der Waals surface area (Å²) in [6.07, 6.45) is 9.24. The zero-order valence-corrected chi connectivity index (χ0v) is 12.6. The number of halogens is 1. The van der Waals surface area contributed by atoms with Crippen LogP contribution >= 0.6 is 11.6 Å². The van der Waals surface area contributed by atoms with Crippen molar-refractivity contribution in [1.82, 2.24) is 25.1 Å². The van der Waals surface area contributed by atoms with Gasteiger partial charge >= 0.3 is 0 Å². The molecular formula is C15H18ClN5. The molecule has 1 fully saturated rings. The number of tetrazole rings is 1. The summed E-state index contributed by atoms with van der Waals surface area (Å²) in [6.45, 7) is 2.22. The van der Waals surface area contributed by atoms with Crippen molar-refractivity contribution < 1.29 is 0 Å². The van der Waals surface area contributed by atoms with Crippen LogP contribution in [-0.2, 0) is 0 Å². The highest BCUT2D eigenvalue weighted by atomic mass is 35.5. The average molecular weight is 304 g/mol. The fraction of sp³-hybridized carbons (Fsp3) is 0.400. The Balaban J connectivity index is 1.77. The summed E-state index contributed by atoms with van der Waals surface area (Å²) >= 11 is 5.91. The van der Waals surface area contributed by atoms with Crippen LogP contribution in [0.15, 0.2) is 30.5 Å². The van der Waals surface area contributed by atoms with E-state index in [4.69, 9.17) is 11.6 Å². The molecule has 0 N–H and O–H groups in total. The molecule has 3 rings (SSSR count). The van der Waals surface area contributed by atoms with Crippen LogP contribution < -0.4 is 0 Å². The van der Waals surface area contributed by atoms with Crippen LogP contribution in [0.3, 0.4) is 0 Å². The number of benzene rings is 1. The standard InChI is InChI=1S/C15H18ClN5/c16-13-5-7-14(8-6-13)21-15(17-18-19-21)9-12-20-10-3-1-2-4-11-20/h5-9,12H,1-4,10-11H2. The summed E-state index contributed by atoms with van der Waals surface area (Å²) in [5, 5.41) is 12.6. The Hall–Kier alpha value is -1.88. The van der Waals surface area contributed by atoms with Crippen LogP contribution in [0.1, 0.15) is 31.5 Å². The molecule has 110 valence electrons. The van der Waals surface area contributed by atoms with E-state index in [2.05, 4.69) is 26.6 Å². The second-order valence-corrected chi connectivity index (χ2v) is 5.63. The minimum Gasteiger partial charge on any atom is -0.377 e. The van der Waals surface area contributed by atoms with Crippen LogP contribution in [-0.4, -0.2) is 38.2 Å². The lowest BCUT2D eigenvalue weighted by molar-refractivity contribution is 0.394. The number of hydrogen-bond acceptors (Lipinski definition) is 4. The molecule has 1 aliphatic rings. The van der Waals surface area contributed by atoms with Crippen LogP contribution in [0.4, 0.5) is 0 Å². The molecule has 0 bridgehead atoms. The molecule has 2 aromatic rings. The smallest absolute Gasteiger partial charge is 0.181 e. The van der Waals surface area contributed by atoms with Gasteiger partial charge in [-0.15, -0.1) is 5.10 Å². The molecule has 5 nitrogen and oxygen atoms in total. The summed E-state index contributed by atoms with van der Waals surface area (Å²) < 4.78 is 1.71. The number of hydrogen-bond donors (Lipinski definition) is 0. The maximum absolute atomic E-state index is 5.91. The first kappa shape index (κ1) is 14.1. The third-order valence-corrected chi connectivity index (χ3v) is 3.89. The fourth-order valence-corrected chi connectivity index (χ4v) is 2.61. The van der Waals surface area contributed by atoms with Gasteiger partial charge in [0.15, 0.2) is 5.82 Å². The number of nitrogens with zero attached hydrogens (tertiary/aromatic N) is 5. The third-order valence-electron chi connectivity index (χ3n) is 3.64. The second kappa shape index (κ2) is 6.72. The maximum Gasteiger partial charge on any atom is 0.181 e.